The normalized spacial score (nSPS) is 13.3. The molecule has 0 saturated carbocycles. The molecule has 0 amide bonds. The third-order valence-corrected chi connectivity index (χ3v) is 8.68. The number of hydrogen-bond acceptors (Lipinski definition) is 1. The van der Waals surface area contributed by atoms with Gasteiger partial charge in [0.25, 0.3) is 0 Å². The van der Waals surface area contributed by atoms with Crippen molar-refractivity contribution in [2.75, 3.05) is 0 Å². The highest BCUT2D eigenvalue weighted by Crippen LogP contribution is 2.31. The molecule has 0 spiro atoms. The van der Waals surface area contributed by atoms with E-state index in [1.807, 2.05) is 0 Å². The van der Waals surface area contributed by atoms with E-state index in [9.17, 15) is 0 Å². The highest BCUT2D eigenvalue weighted by Gasteiger charge is 2.35. The maximum Gasteiger partial charge on any atom is 0.192 e. The van der Waals surface area contributed by atoms with Gasteiger partial charge < -0.3 is 4.43 Å². The largest absolute Gasteiger partial charge is 0.412 e. The van der Waals surface area contributed by atoms with E-state index in [4.69, 9.17) is 4.43 Å². The first-order chi connectivity index (χ1) is 6.51. The Morgan fingerprint density at radius 1 is 0.857 bits per heavy atom. The third kappa shape index (κ3) is 3.39. The van der Waals surface area contributed by atoms with Crippen LogP contribution in [0.15, 0.2) is 0 Å². The van der Waals surface area contributed by atoms with Gasteiger partial charge >= 0.3 is 0 Å². The summed E-state index contributed by atoms with van der Waals surface area (Å²) in [6, 6.07) is 3.78. The Morgan fingerprint density at radius 2 is 1.21 bits per heavy atom. The predicted octanol–water partition coefficient (Wildman–Crippen LogP) is 4.59. The fourth-order valence-electron chi connectivity index (χ4n) is 1.88. The zero-order chi connectivity index (χ0) is 11.2. The summed E-state index contributed by atoms with van der Waals surface area (Å²) in [6.07, 6.45) is 2.27. The predicted molar refractivity (Wildman–Crippen MR) is 67.3 cm³/mol. The van der Waals surface area contributed by atoms with Crippen LogP contribution in [0.5, 0.6) is 0 Å². The lowest BCUT2D eigenvalue weighted by Crippen LogP contribution is -2.45. The standard InChI is InChI=1S/C12H28OSi/c1-7-12(6,8-2)13-14(9-3,10-4)11-5/h7-11H2,1-6H3. The monoisotopic (exact) mass is 216 g/mol. The summed E-state index contributed by atoms with van der Waals surface area (Å²) in [6.45, 7) is 13.6. The molecule has 2 heteroatoms. The van der Waals surface area contributed by atoms with Crippen LogP contribution in [-0.4, -0.2) is 13.9 Å². The Bertz CT molecular complexity index is 140. The number of rotatable bonds is 7. The van der Waals surface area contributed by atoms with Crippen molar-refractivity contribution in [3.8, 4) is 0 Å². The molecule has 0 aliphatic carbocycles. The van der Waals surface area contributed by atoms with Crippen molar-refractivity contribution in [2.24, 2.45) is 0 Å². The molecule has 0 aromatic carbocycles. The lowest BCUT2D eigenvalue weighted by Gasteiger charge is -2.39. The van der Waals surface area contributed by atoms with Crippen molar-refractivity contribution in [1.82, 2.24) is 0 Å². The van der Waals surface area contributed by atoms with Crippen LogP contribution in [0.2, 0.25) is 18.1 Å². The van der Waals surface area contributed by atoms with Gasteiger partial charge in [0.05, 0.1) is 5.60 Å². The fourth-order valence-corrected chi connectivity index (χ4v) is 5.15. The second-order valence-electron chi connectivity index (χ2n) is 4.50. The minimum atomic E-state index is -1.39. The molecular weight excluding hydrogens is 188 g/mol. The van der Waals surface area contributed by atoms with Crippen LogP contribution in [0.3, 0.4) is 0 Å². The summed E-state index contributed by atoms with van der Waals surface area (Å²) < 4.78 is 6.51. The Labute approximate surface area is 91.4 Å². The highest BCUT2D eigenvalue weighted by atomic mass is 28.4. The molecule has 0 aromatic heterocycles. The Hall–Kier alpha value is 0.177. The number of hydrogen-bond donors (Lipinski definition) is 0. The summed E-state index contributed by atoms with van der Waals surface area (Å²) in [4.78, 5) is 0. The zero-order valence-electron chi connectivity index (χ0n) is 10.9. The zero-order valence-corrected chi connectivity index (χ0v) is 11.9. The highest BCUT2D eigenvalue weighted by molar-refractivity contribution is 6.73. The van der Waals surface area contributed by atoms with Gasteiger partial charge in [0.1, 0.15) is 0 Å². The van der Waals surface area contributed by atoms with Crippen LogP contribution >= 0.6 is 0 Å². The van der Waals surface area contributed by atoms with Gasteiger partial charge in [-0.2, -0.15) is 0 Å². The van der Waals surface area contributed by atoms with E-state index in [-0.39, 0.29) is 5.60 Å². The lowest BCUT2D eigenvalue weighted by atomic mass is 10.0. The molecule has 0 atom stereocenters. The minimum absolute atomic E-state index is 0.133. The van der Waals surface area contributed by atoms with Crippen molar-refractivity contribution in [3.05, 3.63) is 0 Å². The van der Waals surface area contributed by atoms with Gasteiger partial charge in [-0.3, -0.25) is 0 Å². The molecule has 0 unspecified atom stereocenters. The summed E-state index contributed by atoms with van der Waals surface area (Å²) in [5.41, 5.74) is 0.133. The van der Waals surface area contributed by atoms with Gasteiger partial charge in [0.2, 0.25) is 0 Å². The van der Waals surface area contributed by atoms with Crippen molar-refractivity contribution < 1.29 is 4.43 Å². The van der Waals surface area contributed by atoms with Crippen molar-refractivity contribution >= 4 is 8.32 Å². The SMILES string of the molecule is CCC(C)(CC)O[Si](CC)(CC)CC. The fraction of sp³-hybridized carbons (Fsp3) is 1.00. The third-order valence-electron chi connectivity index (χ3n) is 3.89. The van der Waals surface area contributed by atoms with Crippen molar-refractivity contribution in [3.63, 3.8) is 0 Å². The van der Waals surface area contributed by atoms with Gasteiger partial charge in [-0.25, -0.2) is 0 Å². The first kappa shape index (κ1) is 14.2. The molecule has 0 aliphatic heterocycles. The smallest absolute Gasteiger partial charge is 0.192 e. The molecule has 0 saturated heterocycles. The molecule has 0 bridgehead atoms. The topological polar surface area (TPSA) is 9.23 Å². The minimum Gasteiger partial charge on any atom is -0.412 e. The van der Waals surface area contributed by atoms with E-state index in [1.165, 1.54) is 18.1 Å². The van der Waals surface area contributed by atoms with Crippen LogP contribution in [0, 0.1) is 0 Å². The van der Waals surface area contributed by atoms with E-state index in [1.54, 1.807) is 0 Å². The molecule has 0 rings (SSSR count). The molecule has 14 heavy (non-hydrogen) atoms. The summed E-state index contributed by atoms with van der Waals surface area (Å²) in [5, 5.41) is 0. The van der Waals surface area contributed by atoms with E-state index in [0.29, 0.717) is 0 Å². The van der Waals surface area contributed by atoms with Gasteiger partial charge in [0, 0.05) is 0 Å². The molecule has 0 N–H and O–H groups in total. The average Bonchev–Trinajstić information content (AvgIpc) is 2.26. The van der Waals surface area contributed by atoms with Crippen LogP contribution < -0.4 is 0 Å². The Balaban J connectivity index is 4.56. The van der Waals surface area contributed by atoms with E-state index in [2.05, 4.69) is 41.5 Å². The quantitative estimate of drug-likeness (QED) is 0.566. The van der Waals surface area contributed by atoms with Gasteiger partial charge in [-0.15, -0.1) is 0 Å². The summed E-state index contributed by atoms with van der Waals surface area (Å²) in [7, 11) is -1.39. The Morgan fingerprint density at radius 3 is 1.43 bits per heavy atom. The summed E-state index contributed by atoms with van der Waals surface area (Å²) >= 11 is 0. The van der Waals surface area contributed by atoms with Gasteiger partial charge in [-0.1, -0.05) is 34.6 Å². The maximum absolute atomic E-state index is 6.51. The van der Waals surface area contributed by atoms with Gasteiger partial charge in [-0.05, 0) is 37.9 Å². The first-order valence-corrected chi connectivity index (χ1v) is 8.74. The molecule has 0 fully saturated rings. The molecule has 1 nitrogen and oxygen atoms in total. The van der Waals surface area contributed by atoms with Gasteiger partial charge in [0.15, 0.2) is 8.32 Å². The second-order valence-corrected chi connectivity index (χ2v) is 9.19. The molecular formula is C12H28OSi. The average molecular weight is 216 g/mol. The van der Waals surface area contributed by atoms with Crippen LogP contribution in [0.1, 0.15) is 54.4 Å². The molecule has 0 heterocycles. The van der Waals surface area contributed by atoms with E-state index < -0.39 is 8.32 Å². The summed E-state index contributed by atoms with van der Waals surface area (Å²) in [5.74, 6) is 0. The van der Waals surface area contributed by atoms with Crippen LogP contribution in [-0.2, 0) is 4.43 Å². The molecule has 0 aliphatic rings. The van der Waals surface area contributed by atoms with Crippen LogP contribution in [0.4, 0.5) is 0 Å². The first-order valence-electron chi connectivity index (χ1n) is 6.21. The molecule has 86 valence electrons. The van der Waals surface area contributed by atoms with Crippen molar-refractivity contribution in [1.29, 1.82) is 0 Å². The maximum atomic E-state index is 6.51. The van der Waals surface area contributed by atoms with Crippen molar-refractivity contribution in [2.45, 2.75) is 78.1 Å². The molecule has 0 aromatic rings. The van der Waals surface area contributed by atoms with E-state index >= 15 is 0 Å². The Kier molecular flexibility index (Phi) is 5.99. The second kappa shape index (κ2) is 5.91. The molecule has 0 radical (unpaired) electrons. The van der Waals surface area contributed by atoms with Crippen LogP contribution in [0.25, 0.3) is 0 Å². The van der Waals surface area contributed by atoms with E-state index in [0.717, 1.165) is 12.8 Å². The lowest BCUT2D eigenvalue weighted by molar-refractivity contribution is 0.0671.